The monoisotopic (exact) mass is 606 g/mol. The van der Waals surface area contributed by atoms with Gasteiger partial charge in [0, 0.05) is 29.8 Å². The third-order valence-electron chi connectivity index (χ3n) is 7.79. The van der Waals surface area contributed by atoms with Gasteiger partial charge in [0.05, 0.1) is 18.7 Å². The van der Waals surface area contributed by atoms with Crippen LogP contribution in [0.1, 0.15) is 100 Å². The van der Waals surface area contributed by atoms with Gasteiger partial charge in [0.1, 0.15) is 34.7 Å². The molecular weight excluding hydrogens is 567 g/mol. The molecule has 1 aliphatic rings. The third kappa shape index (κ3) is 7.19. The molecule has 0 aromatic heterocycles. The Hall–Kier alpha value is -4.44. The molecule has 44 heavy (non-hydrogen) atoms. The number of benzene rings is 3. The van der Waals surface area contributed by atoms with Crippen molar-refractivity contribution in [3.8, 4) is 17.2 Å². The lowest BCUT2D eigenvalue weighted by atomic mass is 9.91. The van der Waals surface area contributed by atoms with Crippen molar-refractivity contribution >= 4 is 17.7 Å². The maximum Gasteiger partial charge on any atom is 0.338 e. The van der Waals surface area contributed by atoms with Gasteiger partial charge in [-0.3, -0.25) is 9.59 Å². The standard InChI is InChI=1S/C34H39FN2O7/c1-18(2)24-13-22(14-25(19(3)4)32(24)40)33(41)37-27-17-36-12-6-7-29(27)44-34(42)21-10-8-20(9-11-21)31(39)30-26(35)15-23(43-5)16-28(30)38/h8-11,13-16,18-19,27,29,36,38,40H,6-7,12,17H2,1-5H3,(H,37,41)/t27-,29-/m1/s1. The third-order valence-corrected chi connectivity index (χ3v) is 7.79. The predicted molar refractivity (Wildman–Crippen MR) is 163 cm³/mol. The lowest BCUT2D eigenvalue weighted by Crippen LogP contribution is -2.49. The van der Waals surface area contributed by atoms with E-state index in [1.165, 1.54) is 31.4 Å². The maximum atomic E-state index is 14.5. The van der Waals surface area contributed by atoms with Crippen LogP contribution in [0.2, 0.25) is 0 Å². The summed E-state index contributed by atoms with van der Waals surface area (Å²) in [7, 11) is 1.32. The molecule has 4 N–H and O–H groups in total. The van der Waals surface area contributed by atoms with Crippen molar-refractivity contribution in [3.05, 3.63) is 87.7 Å². The van der Waals surface area contributed by atoms with Gasteiger partial charge in [-0.15, -0.1) is 0 Å². The highest BCUT2D eigenvalue weighted by Crippen LogP contribution is 2.35. The average molecular weight is 607 g/mol. The van der Waals surface area contributed by atoms with Gasteiger partial charge in [-0.05, 0) is 66.6 Å². The minimum absolute atomic E-state index is 0.0103. The van der Waals surface area contributed by atoms with Crippen molar-refractivity contribution in [2.24, 2.45) is 0 Å². The second-order valence-corrected chi connectivity index (χ2v) is 11.6. The van der Waals surface area contributed by atoms with Gasteiger partial charge in [0.2, 0.25) is 0 Å². The van der Waals surface area contributed by atoms with E-state index in [9.17, 15) is 29.0 Å². The van der Waals surface area contributed by atoms with Crippen LogP contribution in [0.3, 0.4) is 0 Å². The highest BCUT2D eigenvalue weighted by molar-refractivity contribution is 6.11. The van der Waals surface area contributed by atoms with E-state index in [4.69, 9.17) is 9.47 Å². The first-order valence-corrected chi connectivity index (χ1v) is 14.7. The van der Waals surface area contributed by atoms with Crippen LogP contribution in [0, 0.1) is 5.82 Å². The summed E-state index contributed by atoms with van der Waals surface area (Å²) in [5.41, 5.74) is 1.54. The van der Waals surface area contributed by atoms with E-state index < -0.39 is 41.0 Å². The maximum absolute atomic E-state index is 14.5. The van der Waals surface area contributed by atoms with E-state index in [0.717, 1.165) is 18.6 Å². The summed E-state index contributed by atoms with van der Waals surface area (Å²) in [6, 6.07) is 10.5. The van der Waals surface area contributed by atoms with E-state index in [2.05, 4.69) is 10.6 Å². The summed E-state index contributed by atoms with van der Waals surface area (Å²) in [4.78, 5) is 39.5. The van der Waals surface area contributed by atoms with Crippen molar-refractivity contribution in [1.29, 1.82) is 0 Å². The number of ketones is 1. The molecule has 0 unspecified atom stereocenters. The lowest BCUT2D eigenvalue weighted by molar-refractivity contribution is 0.0192. The fourth-order valence-corrected chi connectivity index (χ4v) is 5.26. The summed E-state index contributed by atoms with van der Waals surface area (Å²) < 4.78 is 25.3. The molecule has 3 aromatic rings. The van der Waals surface area contributed by atoms with Crippen molar-refractivity contribution in [3.63, 3.8) is 0 Å². The molecule has 1 heterocycles. The highest BCUT2D eigenvalue weighted by Gasteiger charge is 2.30. The normalized spacial score (nSPS) is 16.8. The molecule has 234 valence electrons. The van der Waals surface area contributed by atoms with Gasteiger partial charge < -0.3 is 30.3 Å². The van der Waals surface area contributed by atoms with Gasteiger partial charge in [-0.2, -0.15) is 0 Å². The Morgan fingerprint density at radius 2 is 1.55 bits per heavy atom. The van der Waals surface area contributed by atoms with Crippen LogP contribution >= 0.6 is 0 Å². The van der Waals surface area contributed by atoms with Crippen molar-refractivity contribution in [2.45, 2.75) is 64.5 Å². The fourth-order valence-electron chi connectivity index (χ4n) is 5.26. The topological polar surface area (TPSA) is 134 Å². The number of carbonyl (C=O) groups is 3. The smallest absolute Gasteiger partial charge is 0.338 e. The van der Waals surface area contributed by atoms with Gasteiger partial charge >= 0.3 is 5.97 Å². The van der Waals surface area contributed by atoms with Gasteiger partial charge in [0.25, 0.3) is 5.91 Å². The molecule has 0 spiro atoms. The molecule has 0 saturated carbocycles. The molecule has 1 amide bonds. The van der Waals surface area contributed by atoms with Crippen molar-refractivity contribution in [1.82, 2.24) is 10.6 Å². The number of methoxy groups -OCH3 is 1. The number of phenols is 2. The Morgan fingerprint density at radius 3 is 2.11 bits per heavy atom. The SMILES string of the molecule is COc1cc(O)c(C(=O)c2ccc(C(=O)O[C@@H]3CCCNC[C@H]3NC(=O)c3cc(C(C)C)c(O)c(C(C)C)c3)cc2)c(F)c1. The zero-order chi connectivity index (χ0) is 32.1. The van der Waals surface area contributed by atoms with Gasteiger partial charge in [0.15, 0.2) is 5.78 Å². The van der Waals surface area contributed by atoms with Gasteiger partial charge in [-0.1, -0.05) is 39.8 Å². The Labute approximate surface area is 256 Å². The van der Waals surface area contributed by atoms with Crippen LogP contribution in [0.4, 0.5) is 4.39 Å². The number of ether oxygens (including phenoxy) is 2. The second kappa shape index (κ2) is 13.9. The quantitative estimate of drug-likeness (QED) is 0.187. The van der Waals surface area contributed by atoms with Crippen LogP contribution < -0.4 is 15.4 Å². The van der Waals surface area contributed by atoms with E-state index in [1.54, 1.807) is 12.1 Å². The number of rotatable bonds is 9. The number of amides is 1. The zero-order valence-corrected chi connectivity index (χ0v) is 25.6. The first-order chi connectivity index (χ1) is 20.9. The summed E-state index contributed by atoms with van der Waals surface area (Å²) in [5.74, 6) is -2.92. The molecule has 3 aromatic carbocycles. The van der Waals surface area contributed by atoms with Crippen LogP contribution in [-0.4, -0.2) is 60.2 Å². The Morgan fingerprint density at radius 1 is 0.932 bits per heavy atom. The first-order valence-electron chi connectivity index (χ1n) is 14.7. The number of halogens is 1. The van der Waals surface area contributed by atoms with Crippen molar-refractivity contribution < 1.29 is 38.5 Å². The van der Waals surface area contributed by atoms with Crippen LogP contribution in [0.15, 0.2) is 48.5 Å². The molecule has 0 aliphatic carbocycles. The van der Waals surface area contributed by atoms with Crippen molar-refractivity contribution in [2.75, 3.05) is 20.2 Å². The largest absolute Gasteiger partial charge is 0.507 e. The van der Waals surface area contributed by atoms with Crippen LogP contribution in [0.5, 0.6) is 17.2 Å². The van der Waals surface area contributed by atoms with Crippen LogP contribution in [-0.2, 0) is 4.74 Å². The Balaban J connectivity index is 1.50. The van der Waals surface area contributed by atoms with Gasteiger partial charge in [-0.25, -0.2) is 9.18 Å². The molecule has 9 nitrogen and oxygen atoms in total. The summed E-state index contributed by atoms with van der Waals surface area (Å²) >= 11 is 0. The minimum atomic E-state index is -0.932. The summed E-state index contributed by atoms with van der Waals surface area (Å²) in [6.07, 6.45) is 0.614. The number of esters is 1. The molecule has 0 radical (unpaired) electrons. The Kier molecular flexibility index (Phi) is 10.3. The van der Waals surface area contributed by atoms with E-state index in [0.29, 0.717) is 36.2 Å². The number of hydrogen-bond donors (Lipinski definition) is 4. The summed E-state index contributed by atoms with van der Waals surface area (Å²) in [6.45, 7) is 8.90. The number of aromatic hydroxyl groups is 2. The summed E-state index contributed by atoms with van der Waals surface area (Å²) in [5, 5.41) is 27.2. The molecular formula is C34H39FN2O7. The fraction of sp³-hybridized carbons (Fsp3) is 0.382. The molecule has 1 saturated heterocycles. The highest BCUT2D eigenvalue weighted by atomic mass is 19.1. The van der Waals surface area contributed by atoms with E-state index >= 15 is 0 Å². The lowest BCUT2D eigenvalue weighted by Gasteiger charge is -2.26. The first kappa shape index (κ1) is 32.5. The molecule has 4 rings (SSSR count). The predicted octanol–water partition coefficient (Wildman–Crippen LogP) is 5.43. The molecule has 2 atom stereocenters. The van der Waals surface area contributed by atoms with E-state index in [-0.39, 0.29) is 40.4 Å². The molecule has 1 fully saturated rings. The number of nitrogens with one attached hydrogen (secondary N) is 2. The molecule has 1 aliphatic heterocycles. The average Bonchev–Trinajstić information content (AvgIpc) is 3.20. The minimum Gasteiger partial charge on any atom is -0.507 e. The number of hydrogen-bond acceptors (Lipinski definition) is 8. The number of phenolic OH excluding ortho intramolecular Hbond substituents is 2. The molecule has 0 bridgehead atoms. The van der Waals surface area contributed by atoms with Crippen LogP contribution in [0.25, 0.3) is 0 Å². The number of carbonyl (C=O) groups excluding carboxylic acids is 3. The second-order valence-electron chi connectivity index (χ2n) is 11.6. The molecule has 10 heteroatoms. The zero-order valence-electron chi connectivity index (χ0n) is 25.6. The Bertz CT molecular complexity index is 1480. The van der Waals surface area contributed by atoms with E-state index in [1.807, 2.05) is 27.7 Å².